The van der Waals surface area contributed by atoms with Crippen LogP contribution in [0.3, 0.4) is 0 Å². The Morgan fingerprint density at radius 1 is 1.08 bits per heavy atom. The highest BCUT2D eigenvalue weighted by Crippen LogP contribution is 2.28. The quantitative estimate of drug-likeness (QED) is 0.876. The number of methoxy groups -OCH3 is 2. The number of nitrogens with zero attached hydrogens (tertiary/aromatic N) is 2. The van der Waals surface area contributed by atoms with Crippen molar-refractivity contribution in [2.75, 3.05) is 32.2 Å². The van der Waals surface area contributed by atoms with E-state index in [1.807, 2.05) is 23.1 Å². The lowest BCUT2D eigenvalue weighted by molar-refractivity contribution is 0.385. The van der Waals surface area contributed by atoms with Crippen molar-refractivity contribution in [1.82, 2.24) is 9.55 Å². The molecule has 7 heteroatoms. The zero-order chi connectivity index (χ0) is 17.3. The number of hydrogen-bond acceptors (Lipinski definition) is 5. The van der Waals surface area contributed by atoms with Gasteiger partial charge in [0.1, 0.15) is 17.3 Å². The first-order valence-corrected chi connectivity index (χ1v) is 7.77. The normalized spacial score (nSPS) is 14.4. The van der Waals surface area contributed by atoms with Gasteiger partial charge in [-0.15, -0.1) is 0 Å². The molecule has 1 saturated heterocycles. The van der Waals surface area contributed by atoms with E-state index in [-0.39, 0.29) is 5.56 Å². The highest BCUT2D eigenvalue weighted by atomic mass is 16.5. The van der Waals surface area contributed by atoms with E-state index in [2.05, 4.69) is 4.98 Å². The number of anilines is 1. The fourth-order valence-corrected chi connectivity index (χ4v) is 2.93. The van der Waals surface area contributed by atoms with E-state index < -0.39 is 5.69 Å². The molecule has 0 radical (unpaired) electrons. The van der Waals surface area contributed by atoms with Gasteiger partial charge < -0.3 is 14.4 Å². The third kappa shape index (κ3) is 3.15. The van der Waals surface area contributed by atoms with Gasteiger partial charge in [-0.1, -0.05) is 0 Å². The molecule has 1 aliphatic rings. The summed E-state index contributed by atoms with van der Waals surface area (Å²) in [5, 5.41) is 0. The Morgan fingerprint density at radius 3 is 2.25 bits per heavy atom. The summed E-state index contributed by atoms with van der Waals surface area (Å²) in [5.74, 6) is 2.59. The fourth-order valence-electron chi connectivity index (χ4n) is 2.93. The van der Waals surface area contributed by atoms with E-state index in [0.29, 0.717) is 11.7 Å². The maximum Gasteiger partial charge on any atom is 0.329 e. The summed E-state index contributed by atoms with van der Waals surface area (Å²) in [4.78, 5) is 28.1. The molecular formula is C17H21N3O4. The molecule has 1 N–H and O–H groups in total. The molecule has 0 bridgehead atoms. The molecule has 3 rings (SSSR count). The molecule has 1 fully saturated rings. The molecule has 24 heavy (non-hydrogen) atoms. The lowest BCUT2D eigenvalue weighted by Gasteiger charge is -2.40. The van der Waals surface area contributed by atoms with Crippen molar-refractivity contribution in [3.8, 4) is 11.5 Å². The predicted molar refractivity (Wildman–Crippen MR) is 91.3 cm³/mol. The molecule has 2 aromatic rings. The highest BCUT2D eigenvalue weighted by molar-refractivity contribution is 5.42. The van der Waals surface area contributed by atoms with Crippen molar-refractivity contribution in [3.05, 3.63) is 50.7 Å². The van der Waals surface area contributed by atoms with Crippen LogP contribution in [0.1, 0.15) is 5.56 Å². The number of aromatic amines is 1. The van der Waals surface area contributed by atoms with Crippen molar-refractivity contribution in [1.29, 1.82) is 0 Å². The van der Waals surface area contributed by atoms with E-state index in [1.165, 1.54) is 13.1 Å². The summed E-state index contributed by atoms with van der Waals surface area (Å²) >= 11 is 0. The van der Waals surface area contributed by atoms with Crippen LogP contribution >= 0.6 is 0 Å². The molecule has 0 spiro atoms. The van der Waals surface area contributed by atoms with Gasteiger partial charge in [0.2, 0.25) is 0 Å². The van der Waals surface area contributed by atoms with Crippen LogP contribution in [0.5, 0.6) is 11.5 Å². The summed E-state index contributed by atoms with van der Waals surface area (Å²) in [6.45, 7) is 1.59. The van der Waals surface area contributed by atoms with E-state index in [4.69, 9.17) is 9.47 Å². The summed E-state index contributed by atoms with van der Waals surface area (Å²) in [7, 11) is 4.73. The van der Waals surface area contributed by atoms with Crippen LogP contribution in [0.25, 0.3) is 0 Å². The Balaban J connectivity index is 1.67. The molecule has 0 saturated carbocycles. The van der Waals surface area contributed by atoms with Crippen LogP contribution < -0.4 is 25.6 Å². The predicted octanol–water partition coefficient (Wildman–Crippen LogP) is 0.770. The first kappa shape index (κ1) is 16.2. The smallest absolute Gasteiger partial charge is 0.329 e. The molecular weight excluding hydrogens is 310 g/mol. The minimum atomic E-state index is -0.390. The fraction of sp³-hybridized carbons (Fsp3) is 0.412. The zero-order valence-electron chi connectivity index (χ0n) is 14.0. The minimum Gasteiger partial charge on any atom is -0.497 e. The first-order valence-electron chi connectivity index (χ1n) is 7.77. The number of benzene rings is 1. The van der Waals surface area contributed by atoms with Crippen LogP contribution in [0.2, 0.25) is 0 Å². The van der Waals surface area contributed by atoms with E-state index >= 15 is 0 Å². The van der Waals surface area contributed by atoms with Gasteiger partial charge in [-0.25, -0.2) is 4.79 Å². The van der Waals surface area contributed by atoms with Gasteiger partial charge >= 0.3 is 5.69 Å². The Morgan fingerprint density at radius 2 is 1.71 bits per heavy atom. The van der Waals surface area contributed by atoms with Gasteiger partial charge in [-0.05, 0) is 30.0 Å². The van der Waals surface area contributed by atoms with Gasteiger partial charge in [-0.2, -0.15) is 0 Å². The van der Waals surface area contributed by atoms with Crippen LogP contribution in [0, 0.1) is 5.92 Å². The van der Waals surface area contributed by atoms with Gasteiger partial charge in [-0.3, -0.25) is 14.3 Å². The molecule has 1 aromatic carbocycles. The molecule has 0 unspecified atom stereocenters. The SMILES string of the molecule is COc1cc(CC2CN(c3cc(=O)n(C)c(=O)[nH]3)C2)cc(OC)c1. The average molecular weight is 331 g/mol. The number of hydrogen-bond donors (Lipinski definition) is 1. The molecule has 2 heterocycles. The number of rotatable bonds is 5. The van der Waals surface area contributed by atoms with Crippen LogP contribution in [0.15, 0.2) is 33.9 Å². The standard InChI is InChI=1S/C17H21N3O4/c1-19-16(21)8-15(18-17(19)22)20-9-12(10-20)4-11-5-13(23-2)7-14(6-11)24-3/h5-8,12H,4,9-10H2,1-3H3,(H,18,22). The van der Waals surface area contributed by atoms with Gasteiger partial charge in [0.15, 0.2) is 0 Å². The second-order valence-corrected chi connectivity index (χ2v) is 6.05. The second-order valence-electron chi connectivity index (χ2n) is 6.05. The molecule has 0 amide bonds. The van der Waals surface area contributed by atoms with Crippen molar-refractivity contribution in [2.45, 2.75) is 6.42 Å². The van der Waals surface area contributed by atoms with Crippen molar-refractivity contribution in [3.63, 3.8) is 0 Å². The second kappa shape index (κ2) is 6.43. The topological polar surface area (TPSA) is 76.6 Å². The third-order valence-corrected chi connectivity index (χ3v) is 4.36. The number of ether oxygens (including phenoxy) is 2. The highest BCUT2D eigenvalue weighted by Gasteiger charge is 2.28. The van der Waals surface area contributed by atoms with Crippen LogP contribution in [0.4, 0.5) is 5.82 Å². The van der Waals surface area contributed by atoms with Crippen LogP contribution in [-0.4, -0.2) is 36.9 Å². The van der Waals surface area contributed by atoms with Gasteiger partial charge in [0, 0.05) is 32.3 Å². The van der Waals surface area contributed by atoms with Gasteiger partial charge in [0.25, 0.3) is 5.56 Å². The Bertz CT molecular complexity index is 796. The van der Waals surface area contributed by atoms with E-state index in [9.17, 15) is 9.59 Å². The molecule has 0 aliphatic carbocycles. The Kier molecular flexibility index (Phi) is 4.33. The van der Waals surface area contributed by atoms with Gasteiger partial charge in [0.05, 0.1) is 14.2 Å². The number of H-pyrrole nitrogens is 1. The number of aromatic nitrogens is 2. The third-order valence-electron chi connectivity index (χ3n) is 4.36. The molecule has 1 aromatic heterocycles. The summed E-state index contributed by atoms with van der Waals surface area (Å²) in [6, 6.07) is 7.32. The monoisotopic (exact) mass is 331 g/mol. The lowest BCUT2D eigenvalue weighted by Crippen LogP contribution is -2.49. The first-order chi connectivity index (χ1) is 11.5. The Labute approximate surface area is 139 Å². The van der Waals surface area contributed by atoms with Crippen LogP contribution in [-0.2, 0) is 13.5 Å². The maximum absolute atomic E-state index is 11.7. The molecule has 1 aliphatic heterocycles. The minimum absolute atomic E-state index is 0.297. The maximum atomic E-state index is 11.7. The Hall–Kier alpha value is -2.70. The summed E-state index contributed by atoms with van der Waals surface area (Å²) in [5.41, 5.74) is 0.460. The summed E-state index contributed by atoms with van der Waals surface area (Å²) < 4.78 is 11.6. The lowest BCUT2D eigenvalue weighted by atomic mass is 9.92. The van der Waals surface area contributed by atoms with E-state index in [0.717, 1.165) is 41.1 Å². The molecule has 7 nitrogen and oxygen atoms in total. The largest absolute Gasteiger partial charge is 0.497 e. The number of nitrogens with one attached hydrogen (secondary N) is 1. The molecule has 0 atom stereocenters. The van der Waals surface area contributed by atoms with E-state index in [1.54, 1.807) is 14.2 Å². The zero-order valence-corrected chi connectivity index (χ0v) is 14.0. The summed E-state index contributed by atoms with van der Waals surface area (Å²) in [6.07, 6.45) is 0.888. The molecule has 128 valence electrons. The van der Waals surface area contributed by atoms with Crippen molar-refractivity contribution in [2.24, 2.45) is 13.0 Å². The van der Waals surface area contributed by atoms with Crippen molar-refractivity contribution < 1.29 is 9.47 Å². The van der Waals surface area contributed by atoms with Crippen molar-refractivity contribution >= 4 is 5.82 Å². The average Bonchev–Trinajstić information content (AvgIpc) is 2.54.